The summed E-state index contributed by atoms with van der Waals surface area (Å²) in [4.78, 5) is 0. The van der Waals surface area contributed by atoms with Crippen LogP contribution in [0.25, 0.3) is 0 Å². The van der Waals surface area contributed by atoms with E-state index in [0.29, 0.717) is 6.61 Å². The number of hydrogen-bond acceptors (Lipinski definition) is 4. The van der Waals surface area contributed by atoms with Crippen LogP contribution in [0.4, 0.5) is 0 Å². The van der Waals surface area contributed by atoms with Gasteiger partial charge in [-0.1, -0.05) is 0 Å². The number of aryl methyl sites for hydroxylation is 2. The SMILES string of the molecule is Cn1cc(OCc2nnc3n2CCCC3)cn1. The van der Waals surface area contributed by atoms with E-state index < -0.39 is 0 Å². The van der Waals surface area contributed by atoms with Crippen molar-refractivity contribution in [3.8, 4) is 5.75 Å². The Labute approximate surface area is 99.2 Å². The smallest absolute Gasteiger partial charge is 0.171 e. The zero-order valence-corrected chi connectivity index (χ0v) is 9.83. The van der Waals surface area contributed by atoms with Gasteiger partial charge in [-0.3, -0.25) is 4.68 Å². The van der Waals surface area contributed by atoms with Crippen molar-refractivity contribution in [2.45, 2.75) is 32.4 Å². The number of nitrogens with zero attached hydrogens (tertiary/aromatic N) is 5. The predicted molar refractivity (Wildman–Crippen MR) is 60.5 cm³/mol. The Balaban J connectivity index is 1.71. The molecule has 1 aliphatic heterocycles. The van der Waals surface area contributed by atoms with Gasteiger partial charge in [0.05, 0.1) is 12.4 Å². The second-order valence-electron chi connectivity index (χ2n) is 4.28. The fourth-order valence-electron chi connectivity index (χ4n) is 2.10. The van der Waals surface area contributed by atoms with Gasteiger partial charge >= 0.3 is 0 Å². The molecule has 0 radical (unpaired) electrons. The van der Waals surface area contributed by atoms with Crippen LogP contribution < -0.4 is 4.74 Å². The maximum absolute atomic E-state index is 5.63. The van der Waals surface area contributed by atoms with Gasteiger partial charge in [0.15, 0.2) is 11.6 Å². The van der Waals surface area contributed by atoms with Crippen LogP contribution in [0.2, 0.25) is 0 Å². The summed E-state index contributed by atoms with van der Waals surface area (Å²) in [5, 5.41) is 12.4. The average molecular weight is 233 g/mol. The van der Waals surface area contributed by atoms with Gasteiger partial charge in [0.1, 0.15) is 12.4 Å². The summed E-state index contributed by atoms with van der Waals surface area (Å²) < 4.78 is 9.51. The lowest BCUT2D eigenvalue weighted by Gasteiger charge is -2.14. The molecule has 0 saturated heterocycles. The lowest BCUT2D eigenvalue weighted by molar-refractivity contribution is 0.286. The van der Waals surface area contributed by atoms with Crippen LogP contribution in [0.1, 0.15) is 24.5 Å². The molecule has 0 bridgehead atoms. The molecule has 0 N–H and O–H groups in total. The number of aromatic nitrogens is 5. The molecule has 0 amide bonds. The van der Waals surface area contributed by atoms with E-state index in [1.54, 1.807) is 10.9 Å². The van der Waals surface area contributed by atoms with Crippen LogP contribution in [0.5, 0.6) is 5.75 Å². The van der Waals surface area contributed by atoms with Crippen LogP contribution in [0.3, 0.4) is 0 Å². The fraction of sp³-hybridized carbons (Fsp3) is 0.545. The molecule has 0 saturated carbocycles. The molecule has 6 nitrogen and oxygen atoms in total. The maximum Gasteiger partial charge on any atom is 0.171 e. The van der Waals surface area contributed by atoms with Crippen molar-refractivity contribution < 1.29 is 4.74 Å². The summed E-state index contributed by atoms with van der Waals surface area (Å²) >= 11 is 0. The third kappa shape index (κ3) is 2.02. The van der Waals surface area contributed by atoms with Gasteiger partial charge in [0.25, 0.3) is 0 Å². The molecule has 0 spiro atoms. The van der Waals surface area contributed by atoms with E-state index in [-0.39, 0.29) is 0 Å². The van der Waals surface area contributed by atoms with Gasteiger partial charge in [-0.15, -0.1) is 10.2 Å². The van der Waals surface area contributed by atoms with E-state index >= 15 is 0 Å². The van der Waals surface area contributed by atoms with E-state index in [0.717, 1.165) is 30.4 Å². The monoisotopic (exact) mass is 233 g/mol. The lowest BCUT2D eigenvalue weighted by Crippen LogP contribution is -2.14. The standard InChI is InChI=1S/C11H15N5O/c1-15-7-9(6-12-15)17-8-11-14-13-10-4-2-3-5-16(10)11/h6-7H,2-5,8H2,1H3. The first-order valence-electron chi connectivity index (χ1n) is 5.85. The fourth-order valence-corrected chi connectivity index (χ4v) is 2.10. The Morgan fingerprint density at radius 1 is 1.35 bits per heavy atom. The molecule has 90 valence electrons. The summed E-state index contributed by atoms with van der Waals surface area (Å²) in [5.41, 5.74) is 0. The molecule has 0 atom stereocenters. The molecule has 3 rings (SSSR count). The van der Waals surface area contributed by atoms with E-state index in [9.17, 15) is 0 Å². The van der Waals surface area contributed by atoms with Crippen LogP contribution in [-0.2, 0) is 26.6 Å². The minimum absolute atomic E-state index is 0.457. The van der Waals surface area contributed by atoms with E-state index in [2.05, 4.69) is 19.9 Å². The maximum atomic E-state index is 5.63. The average Bonchev–Trinajstić information content (AvgIpc) is 2.93. The Hall–Kier alpha value is -1.85. The topological polar surface area (TPSA) is 57.8 Å². The normalized spacial score (nSPS) is 14.6. The van der Waals surface area contributed by atoms with Crippen LogP contribution in [0, 0.1) is 0 Å². The first-order chi connectivity index (χ1) is 8.33. The summed E-state index contributed by atoms with van der Waals surface area (Å²) in [6, 6.07) is 0. The van der Waals surface area contributed by atoms with E-state index in [1.165, 1.54) is 12.8 Å². The second-order valence-corrected chi connectivity index (χ2v) is 4.28. The Bertz CT molecular complexity index is 516. The van der Waals surface area contributed by atoms with Crippen molar-refractivity contribution in [3.63, 3.8) is 0 Å². The van der Waals surface area contributed by atoms with Gasteiger partial charge in [0.2, 0.25) is 0 Å². The molecule has 0 aliphatic carbocycles. The molecular formula is C11H15N5O. The number of ether oxygens (including phenoxy) is 1. The molecule has 0 aromatic carbocycles. The quantitative estimate of drug-likeness (QED) is 0.791. The number of hydrogen-bond donors (Lipinski definition) is 0. The van der Waals surface area contributed by atoms with Gasteiger partial charge in [-0.2, -0.15) is 5.10 Å². The Morgan fingerprint density at radius 2 is 2.29 bits per heavy atom. The minimum atomic E-state index is 0.457. The zero-order valence-electron chi connectivity index (χ0n) is 9.83. The minimum Gasteiger partial charge on any atom is -0.482 e. The summed E-state index contributed by atoms with van der Waals surface area (Å²) in [6.45, 7) is 1.47. The summed E-state index contributed by atoms with van der Waals surface area (Å²) in [7, 11) is 1.87. The van der Waals surface area contributed by atoms with E-state index in [4.69, 9.17) is 4.74 Å². The molecule has 3 heterocycles. The predicted octanol–water partition coefficient (Wildman–Crippen LogP) is 0.927. The largest absolute Gasteiger partial charge is 0.482 e. The zero-order chi connectivity index (χ0) is 11.7. The number of rotatable bonds is 3. The molecule has 1 aliphatic rings. The highest BCUT2D eigenvalue weighted by Crippen LogP contribution is 2.16. The summed E-state index contributed by atoms with van der Waals surface area (Å²) in [5.74, 6) is 2.75. The van der Waals surface area contributed by atoms with Crippen molar-refractivity contribution >= 4 is 0 Å². The molecule has 0 unspecified atom stereocenters. The highest BCUT2D eigenvalue weighted by Gasteiger charge is 2.15. The summed E-state index contributed by atoms with van der Waals surface area (Å²) in [6.07, 6.45) is 6.98. The lowest BCUT2D eigenvalue weighted by atomic mass is 10.2. The van der Waals surface area contributed by atoms with Crippen molar-refractivity contribution in [2.24, 2.45) is 7.05 Å². The molecule has 6 heteroatoms. The Morgan fingerprint density at radius 3 is 3.12 bits per heavy atom. The third-order valence-electron chi connectivity index (χ3n) is 2.99. The van der Waals surface area contributed by atoms with Crippen molar-refractivity contribution in [2.75, 3.05) is 0 Å². The van der Waals surface area contributed by atoms with Crippen LogP contribution >= 0.6 is 0 Å². The Kier molecular flexibility index (Phi) is 2.55. The van der Waals surface area contributed by atoms with Gasteiger partial charge in [-0.25, -0.2) is 0 Å². The number of fused-ring (bicyclic) bond motifs is 1. The van der Waals surface area contributed by atoms with Crippen molar-refractivity contribution in [3.05, 3.63) is 24.0 Å². The second kappa shape index (κ2) is 4.20. The first-order valence-corrected chi connectivity index (χ1v) is 5.85. The van der Waals surface area contributed by atoms with Gasteiger partial charge in [-0.05, 0) is 12.8 Å². The van der Waals surface area contributed by atoms with Gasteiger partial charge < -0.3 is 9.30 Å². The van der Waals surface area contributed by atoms with E-state index in [1.807, 2.05) is 13.2 Å². The molecule has 17 heavy (non-hydrogen) atoms. The molecule has 2 aromatic rings. The highest BCUT2D eigenvalue weighted by molar-refractivity contribution is 5.11. The first kappa shape index (κ1) is 10.3. The molecular weight excluding hydrogens is 218 g/mol. The van der Waals surface area contributed by atoms with Crippen LogP contribution in [-0.4, -0.2) is 24.5 Å². The third-order valence-corrected chi connectivity index (χ3v) is 2.99. The molecule has 0 fully saturated rings. The highest BCUT2D eigenvalue weighted by atomic mass is 16.5. The van der Waals surface area contributed by atoms with Crippen molar-refractivity contribution in [1.29, 1.82) is 0 Å². The van der Waals surface area contributed by atoms with Crippen LogP contribution in [0.15, 0.2) is 12.4 Å². The van der Waals surface area contributed by atoms with Crippen molar-refractivity contribution in [1.82, 2.24) is 24.5 Å². The van der Waals surface area contributed by atoms with Gasteiger partial charge in [0, 0.05) is 20.0 Å². The molecule has 2 aromatic heterocycles.